The van der Waals surface area contributed by atoms with E-state index in [1.165, 1.54) is 64.6 Å². The highest BCUT2D eigenvalue weighted by molar-refractivity contribution is 6.05. The fourth-order valence-electron chi connectivity index (χ4n) is 9.80. The molecule has 3 aliphatic rings. The minimum absolute atomic E-state index is 0.201. The van der Waals surface area contributed by atoms with Gasteiger partial charge in [-0.15, -0.1) is 0 Å². The van der Waals surface area contributed by atoms with Crippen LogP contribution in [0.4, 0.5) is 11.4 Å². The van der Waals surface area contributed by atoms with Crippen molar-refractivity contribution in [3.05, 3.63) is 151 Å². The maximum Gasteiger partial charge on any atom is 0.333 e. The number of hydrogen-bond donors (Lipinski definition) is 1. The van der Waals surface area contributed by atoms with Gasteiger partial charge in [-0.05, 0) is 129 Å². The Balaban J connectivity index is 1.33. The molecule has 0 unspecified atom stereocenters. The zero-order valence-electron chi connectivity index (χ0n) is 34.7. The molecule has 1 N–H and O–H groups in total. The third kappa shape index (κ3) is 5.96. The Bertz CT molecular complexity index is 2770. The van der Waals surface area contributed by atoms with Crippen LogP contribution in [0.15, 0.2) is 124 Å². The van der Waals surface area contributed by atoms with Crippen LogP contribution in [-0.2, 0) is 23.9 Å². The number of aromatic nitrogens is 2. The SMILES string of the molecule is CCN1/C(=C/C=C2\CCCC(/C=C/C3=[N+](CC)c4cc5ccccc5cc4C3(C)C)=C2c2c(O)n(CC)c(=O)n(CC)c2=O)C(C)(C)c2cc3ccccc3cc21. The molecule has 3 heterocycles. The first-order chi connectivity index (χ1) is 27.4. The van der Waals surface area contributed by atoms with E-state index < -0.39 is 11.2 Å². The molecule has 0 amide bonds. The number of anilines is 1. The van der Waals surface area contributed by atoms with Gasteiger partial charge in [0.2, 0.25) is 11.6 Å². The molecule has 0 saturated heterocycles. The average molecular weight is 760 g/mol. The highest BCUT2D eigenvalue weighted by Gasteiger charge is 2.44. The highest BCUT2D eigenvalue weighted by Crippen LogP contribution is 2.50. The van der Waals surface area contributed by atoms with Gasteiger partial charge in [0.05, 0.1) is 5.41 Å². The second-order valence-electron chi connectivity index (χ2n) is 16.7. The van der Waals surface area contributed by atoms with E-state index in [0.29, 0.717) is 0 Å². The molecular formula is C50H55N4O3+. The summed E-state index contributed by atoms with van der Waals surface area (Å²) in [4.78, 5) is 30.3. The van der Waals surface area contributed by atoms with E-state index in [2.05, 4.69) is 148 Å². The predicted molar refractivity (Wildman–Crippen MR) is 236 cm³/mol. The highest BCUT2D eigenvalue weighted by atomic mass is 16.3. The summed E-state index contributed by atoms with van der Waals surface area (Å²) in [6.45, 7) is 19.2. The lowest BCUT2D eigenvalue weighted by molar-refractivity contribution is -0.433. The molecule has 0 saturated carbocycles. The molecule has 1 aromatic heterocycles. The van der Waals surface area contributed by atoms with E-state index >= 15 is 0 Å². The van der Waals surface area contributed by atoms with Gasteiger partial charge in [0.1, 0.15) is 12.1 Å². The van der Waals surface area contributed by atoms with E-state index in [0.717, 1.165) is 49.1 Å². The van der Waals surface area contributed by atoms with Crippen molar-refractivity contribution in [3.63, 3.8) is 0 Å². The lowest BCUT2D eigenvalue weighted by atomic mass is 9.79. The van der Waals surface area contributed by atoms with Crippen molar-refractivity contribution in [2.75, 3.05) is 18.0 Å². The molecule has 1 aliphatic carbocycles. The van der Waals surface area contributed by atoms with E-state index in [-0.39, 0.29) is 35.4 Å². The largest absolute Gasteiger partial charge is 0.494 e. The van der Waals surface area contributed by atoms with Crippen LogP contribution in [0.1, 0.15) is 91.3 Å². The number of hydrogen-bond acceptors (Lipinski definition) is 4. The van der Waals surface area contributed by atoms with Gasteiger partial charge in [-0.25, -0.2) is 4.79 Å². The predicted octanol–water partition coefficient (Wildman–Crippen LogP) is 10.3. The topological polar surface area (TPSA) is 70.5 Å². The Morgan fingerprint density at radius 3 is 1.95 bits per heavy atom. The summed E-state index contributed by atoms with van der Waals surface area (Å²) >= 11 is 0. The number of allylic oxidation sites excluding steroid dienone is 8. The number of fused-ring (bicyclic) bond motifs is 4. The van der Waals surface area contributed by atoms with Crippen LogP contribution in [0, 0.1) is 0 Å². The Labute approximate surface area is 335 Å². The van der Waals surface area contributed by atoms with Gasteiger partial charge in [-0.2, -0.15) is 4.58 Å². The van der Waals surface area contributed by atoms with Crippen LogP contribution in [-0.4, -0.2) is 37.6 Å². The molecule has 7 heteroatoms. The van der Waals surface area contributed by atoms with Crippen LogP contribution in [0.2, 0.25) is 0 Å². The average Bonchev–Trinajstić information content (AvgIpc) is 3.54. The summed E-state index contributed by atoms with van der Waals surface area (Å²) in [5, 5.41) is 16.8. The zero-order chi connectivity index (χ0) is 40.4. The molecule has 292 valence electrons. The van der Waals surface area contributed by atoms with Crippen molar-refractivity contribution in [2.45, 2.75) is 98.6 Å². The van der Waals surface area contributed by atoms with Crippen molar-refractivity contribution in [3.8, 4) is 5.88 Å². The van der Waals surface area contributed by atoms with E-state index in [9.17, 15) is 14.7 Å². The molecule has 0 atom stereocenters. The summed E-state index contributed by atoms with van der Waals surface area (Å²) in [6, 6.07) is 26.3. The van der Waals surface area contributed by atoms with Gasteiger partial charge in [0.25, 0.3) is 5.56 Å². The van der Waals surface area contributed by atoms with Crippen molar-refractivity contribution < 1.29 is 9.68 Å². The molecule has 0 radical (unpaired) electrons. The Morgan fingerprint density at radius 2 is 1.33 bits per heavy atom. The lowest BCUT2D eigenvalue weighted by Gasteiger charge is -2.27. The number of aromatic hydroxyl groups is 1. The fraction of sp³-hybridized carbons (Fsp3) is 0.340. The van der Waals surface area contributed by atoms with Gasteiger partial charge in [0, 0.05) is 54.1 Å². The molecular weight excluding hydrogens is 705 g/mol. The first kappa shape index (κ1) is 38.2. The summed E-state index contributed by atoms with van der Waals surface area (Å²) in [5.41, 5.74) is 8.80. The van der Waals surface area contributed by atoms with Crippen molar-refractivity contribution >= 4 is 44.2 Å². The van der Waals surface area contributed by atoms with Gasteiger partial charge >= 0.3 is 5.69 Å². The molecule has 57 heavy (non-hydrogen) atoms. The zero-order valence-corrected chi connectivity index (χ0v) is 34.7. The molecule has 7 nitrogen and oxygen atoms in total. The minimum atomic E-state index is -0.490. The quantitative estimate of drug-likeness (QED) is 0.160. The standard InChI is InChI=1S/C50H54N4O3/c1-9-51-40-30-36-20-15-13-18-34(36)28-38(40)49(5,6)42(51)26-24-32-22-17-23-33(44(32)45-46(55)53(11-3)48(57)54(12-4)47(45)56)25-27-43-50(7,8)39-29-35-19-14-16-21-37(35)31-41(39)52(43)10-2/h13-16,18-21,24-31H,9-12,17,22-23H2,1-8H3/p+1/b32-24+,42-26+. The molecule has 0 bridgehead atoms. The van der Waals surface area contributed by atoms with E-state index in [4.69, 9.17) is 0 Å². The summed E-state index contributed by atoms with van der Waals surface area (Å²) in [5.74, 6) is -0.267. The van der Waals surface area contributed by atoms with Gasteiger partial charge in [-0.1, -0.05) is 74.5 Å². The molecule has 0 fully saturated rings. The van der Waals surface area contributed by atoms with Gasteiger partial charge in [-0.3, -0.25) is 13.9 Å². The van der Waals surface area contributed by atoms with Crippen molar-refractivity contribution in [1.82, 2.24) is 9.13 Å². The second kappa shape index (κ2) is 14.4. The van der Waals surface area contributed by atoms with Crippen LogP contribution in [0.5, 0.6) is 5.88 Å². The first-order valence-electron chi connectivity index (χ1n) is 20.8. The number of rotatable bonds is 8. The van der Waals surface area contributed by atoms with Crippen LogP contribution in [0.3, 0.4) is 0 Å². The van der Waals surface area contributed by atoms with Crippen LogP contribution < -0.4 is 16.1 Å². The lowest BCUT2D eigenvalue weighted by Crippen LogP contribution is -2.41. The van der Waals surface area contributed by atoms with E-state index in [1.54, 1.807) is 0 Å². The first-order valence-corrected chi connectivity index (χ1v) is 20.8. The van der Waals surface area contributed by atoms with E-state index in [1.807, 2.05) is 13.8 Å². The Hall–Kier alpha value is -5.69. The molecule has 4 aromatic carbocycles. The molecule has 0 spiro atoms. The summed E-state index contributed by atoms with van der Waals surface area (Å²) < 4.78 is 4.99. The van der Waals surface area contributed by atoms with Crippen molar-refractivity contribution in [1.29, 1.82) is 0 Å². The second-order valence-corrected chi connectivity index (χ2v) is 16.7. The Kier molecular flexibility index (Phi) is 9.62. The maximum absolute atomic E-state index is 14.4. The fourth-order valence-corrected chi connectivity index (χ4v) is 9.80. The normalized spacial score (nSPS) is 18.9. The maximum atomic E-state index is 14.4. The smallest absolute Gasteiger partial charge is 0.333 e. The number of benzene rings is 4. The van der Waals surface area contributed by atoms with Crippen LogP contribution in [0.25, 0.3) is 27.1 Å². The number of nitrogens with zero attached hydrogens (tertiary/aromatic N) is 4. The summed E-state index contributed by atoms with van der Waals surface area (Å²) in [6.07, 6.45) is 11.2. The monoisotopic (exact) mass is 759 g/mol. The van der Waals surface area contributed by atoms with Gasteiger partial charge in [0.15, 0.2) is 5.71 Å². The molecule has 2 aliphatic heterocycles. The Morgan fingerprint density at radius 1 is 0.719 bits per heavy atom. The summed E-state index contributed by atoms with van der Waals surface area (Å²) in [7, 11) is 0. The van der Waals surface area contributed by atoms with Crippen LogP contribution >= 0.6 is 0 Å². The van der Waals surface area contributed by atoms with Gasteiger partial charge < -0.3 is 10.0 Å². The molecule has 5 aromatic rings. The van der Waals surface area contributed by atoms with Crippen molar-refractivity contribution in [2.24, 2.45) is 0 Å². The third-order valence-electron chi connectivity index (χ3n) is 12.9. The minimum Gasteiger partial charge on any atom is -0.494 e. The number of likely N-dealkylation sites (N-methyl/N-ethyl adjacent to an activating group) is 1. The third-order valence-corrected chi connectivity index (χ3v) is 12.9. The molecule has 8 rings (SSSR count).